The first-order chi connectivity index (χ1) is 10.6. The molecule has 1 amide bonds. The predicted molar refractivity (Wildman–Crippen MR) is 86.5 cm³/mol. The summed E-state index contributed by atoms with van der Waals surface area (Å²) in [5.74, 6) is -0.328. The Kier molecular flexibility index (Phi) is 3.99. The normalized spacial score (nSPS) is 11.0. The number of nitrogens with one attached hydrogen (secondary N) is 1. The number of nitrogens with zero attached hydrogens (tertiary/aromatic N) is 4. The van der Waals surface area contributed by atoms with Crippen molar-refractivity contribution in [1.29, 1.82) is 0 Å². The van der Waals surface area contributed by atoms with E-state index in [0.717, 1.165) is 16.3 Å². The zero-order valence-electron chi connectivity index (χ0n) is 12.0. The van der Waals surface area contributed by atoms with Crippen molar-refractivity contribution in [3.63, 3.8) is 0 Å². The van der Waals surface area contributed by atoms with E-state index in [1.54, 1.807) is 6.92 Å². The van der Waals surface area contributed by atoms with Gasteiger partial charge in [-0.3, -0.25) is 19.5 Å². The molecular weight excluding hydrogens is 322 g/mol. The quantitative estimate of drug-likeness (QED) is 0.785. The molecule has 3 aromatic heterocycles. The lowest BCUT2D eigenvalue weighted by Crippen LogP contribution is -2.27. The van der Waals surface area contributed by atoms with Crippen LogP contribution in [0.3, 0.4) is 0 Å². The molecule has 0 aromatic carbocycles. The van der Waals surface area contributed by atoms with Gasteiger partial charge in [-0.15, -0.1) is 21.5 Å². The lowest BCUT2D eigenvalue weighted by atomic mass is 10.3. The van der Waals surface area contributed by atoms with E-state index in [0.29, 0.717) is 15.3 Å². The van der Waals surface area contributed by atoms with Crippen molar-refractivity contribution < 1.29 is 4.79 Å². The first-order valence-corrected chi connectivity index (χ1v) is 8.28. The van der Waals surface area contributed by atoms with Crippen molar-refractivity contribution in [3.8, 4) is 0 Å². The molecule has 0 fully saturated rings. The van der Waals surface area contributed by atoms with E-state index in [-0.39, 0.29) is 18.0 Å². The molecule has 0 saturated heterocycles. The maximum absolute atomic E-state index is 12.4. The van der Waals surface area contributed by atoms with E-state index in [1.807, 2.05) is 13.0 Å². The summed E-state index contributed by atoms with van der Waals surface area (Å²) in [6.45, 7) is 3.73. The van der Waals surface area contributed by atoms with Crippen molar-refractivity contribution in [3.05, 3.63) is 32.6 Å². The number of rotatable bonds is 4. The molecule has 0 unspecified atom stereocenters. The molecule has 3 rings (SSSR count). The third-order valence-corrected chi connectivity index (χ3v) is 4.95. The second kappa shape index (κ2) is 5.93. The molecule has 114 valence electrons. The fraction of sp³-hybridized carbons (Fsp3) is 0.308. The fourth-order valence-corrected chi connectivity index (χ4v) is 3.49. The molecule has 7 nitrogen and oxygen atoms in total. The summed E-state index contributed by atoms with van der Waals surface area (Å²) in [6.07, 6.45) is 2.27. The molecule has 0 saturated carbocycles. The van der Waals surface area contributed by atoms with Crippen LogP contribution in [-0.4, -0.2) is 25.7 Å². The number of aromatic nitrogens is 4. The zero-order valence-corrected chi connectivity index (χ0v) is 13.6. The SMILES string of the molecule is CCc1cc2c(=O)n(CC(=O)Nc3nnc(C)s3)cnc2s1. The van der Waals surface area contributed by atoms with Crippen molar-refractivity contribution in [2.75, 3.05) is 5.32 Å². The van der Waals surface area contributed by atoms with E-state index in [2.05, 4.69) is 20.5 Å². The summed E-state index contributed by atoms with van der Waals surface area (Å²) < 4.78 is 1.30. The summed E-state index contributed by atoms with van der Waals surface area (Å²) in [5, 5.41) is 12.0. The second-order valence-electron chi connectivity index (χ2n) is 4.64. The van der Waals surface area contributed by atoms with Gasteiger partial charge in [-0.1, -0.05) is 18.3 Å². The molecule has 0 aliphatic carbocycles. The second-order valence-corrected chi connectivity index (χ2v) is 6.93. The van der Waals surface area contributed by atoms with Gasteiger partial charge in [0.15, 0.2) is 0 Å². The van der Waals surface area contributed by atoms with Crippen LogP contribution in [-0.2, 0) is 17.8 Å². The maximum Gasteiger partial charge on any atom is 0.262 e. The number of thiophene rings is 1. The van der Waals surface area contributed by atoms with Crippen LogP contribution in [0.5, 0.6) is 0 Å². The summed E-state index contributed by atoms with van der Waals surface area (Å²) in [5.41, 5.74) is -0.204. The highest BCUT2D eigenvalue weighted by molar-refractivity contribution is 7.18. The highest BCUT2D eigenvalue weighted by Crippen LogP contribution is 2.21. The summed E-state index contributed by atoms with van der Waals surface area (Å²) in [4.78, 5) is 30.4. The van der Waals surface area contributed by atoms with Gasteiger partial charge in [-0.2, -0.15) is 0 Å². The largest absolute Gasteiger partial charge is 0.299 e. The van der Waals surface area contributed by atoms with Gasteiger partial charge in [0.05, 0.1) is 11.7 Å². The Labute approximate surface area is 133 Å². The molecule has 0 aliphatic heterocycles. The Morgan fingerprint density at radius 1 is 1.36 bits per heavy atom. The molecule has 3 heterocycles. The highest BCUT2D eigenvalue weighted by Gasteiger charge is 2.12. The third kappa shape index (κ3) is 2.90. The van der Waals surface area contributed by atoms with Gasteiger partial charge in [-0.05, 0) is 19.4 Å². The minimum absolute atomic E-state index is 0.0995. The molecule has 0 bridgehead atoms. The third-order valence-electron chi connectivity index (χ3n) is 3.00. The topological polar surface area (TPSA) is 89.8 Å². The van der Waals surface area contributed by atoms with Gasteiger partial charge in [0.25, 0.3) is 5.56 Å². The average molecular weight is 335 g/mol. The number of anilines is 1. The average Bonchev–Trinajstić information content (AvgIpc) is 3.08. The van der Waals surface area contributed by atoms with Crippen LogP contribution in [0.1, 0.15) is 16.8 Å². The van der Waals surface area contributed by atoms with E-state index < -0.39 is 0 Å². The molecular formula is C13H13N5O2S2. The Morgan fingerprint density at radius 2 is 2.18 bits per heavy atom. The first-order valence-electron chi connectivity index (χ1n) is 6.64. The van der Waals surface area contributed by atoms with Crippen LogP contribution in [0.4, 0.5) is 5.13 Å². The molecule has 1 N–H and O–H groups in total. The number of carbonyl (C=O) groups is 1. The molecule has 0 radical (unpaired) electrons. The maximum atomic E-state index is 12.4. The molecule has 3 aromatic rings. The molecule has 0 aliphatic rings. The minimum atomic E-state index is -0.328. The molecule has 9 heteroatoms. The number of hydrogen-bond donors (Lipinski definition) is 1. The lowest BCUT2D eigenvalue weighted by Gasteiger charge is -2.04. The van der Waals surface area contributed by atoms with Crippen molar-refractivity contribution >= 4 is 43.9 Å². The van der Waals surface area contributed by atoms with Gasteiger partial charge < -0.3 is 0 Å². The van der Waals surface area contributed by atoms with E-state index >= 15 is 0 Å². The summed E-state index contributed by atoms with van der Waals surface area (Å²) >= 11 is 2.79. The Morgan fingerprint density at radius 3 is 2.86 bits per heavy atom. The van der Waals surface area contributed by atoms with Crippen LogP contribution >= 0.6 is 22.7 Å². The number of hydrogen-bond acceptors (Lipinski definition) is 7. The van der Waals surface area contributed by atoms with Crippen LogP contribution in [0, 0.1) is 6.92 Å². The predicted octanol–water partition coefficient (Wildman–Crippen LogP) is 1.82. The van der Waals surface area contributed by atoms with E-state index in [4.69, 9.17) is 0 Å². The van der Waals surface area contributed by atoms with Crippen LogP contribution in [0.15, 0.2) is 17.2 Å². The van der Waals surface area contributed by atoms with Gasteiger partial charge in [-0.25, -0.2) is 4.98 Å². The van der Waals surface area contributed by atoms with Crippen molar-refractivity contribution in [2.24, 2.45) is 0 Å². The molecule has 0 spiro atoms. The highest BCUT2D eigenvalue weighted by atomic mass is 32.1. The smallest absolute Gasteiger partial charge is 0.262 e. The molecule has 0 atom stereocenters. The van der Waals surface area contributed by atoms with E-state index in [9.17, 15) is 9.59 Å². The van der Waals surface area contributed by atoms with Crippen LogP contribution in [0.2, 0.25) is 0 Å². The number of carbonyl (C=O) groups excluding carboxylic acids is 1. The van der Waals surface area contributed by atoms with Crippen LogP contribution < -0.4 is 10.9 Å². The fourth-order valence-electron chi connectivity index (χ4n) is 1.96. The number of fused-ring (bicyclic) bond motifs is 1. The van der Waals surface area contributed by atoms with Crippen molar-refractivity contribution in [2.45, 2.75) is 26.8 Å². The van der Waals surface area contributed by atoms with Gasteiger partial charge >= 0.3 is 0 Å². The summed E-state index contributed by atoms with van der Waals surface area (Å²) in [7, 11) is 0. The van der Waals surface area contributed by atoms with Crippen LogP contribution in [0.25, 0.3) is 10.2 Å². The van der Waals surface area contributed by atoms with Gasteiger partial charge in [0.1, 0.15) is 16.4 Å². The monoisotopic (exact) mass is 335 g/mol. The number of amides is 1. The van der Waals surface area contributed by atoms with E-state index in [1.165, 1.54) is 33.6 Å². The van der Waals surface area contributed by atoms with Crippen molar-refractivity contribution in [1.82, 2.24) is 19.7 Å². The number of aryl methyl sites for hydroxylation is 2. The summed E-state index contributed by atoms with van der Waals surface area (Å²) in [6, 6.07) is 1.85. The van der Waals surface area contributed by atoms with Gasteiger partial charge in [0.2, 0.25) is 11.0 Å². The molecule has 22 heavy (non-hydrogen) atoms. The van der Waals surface area contributed by atoms with Gasteiger partial charge in [0, 0.05) is 4.88 Å². The Balaban J connectivity index is 1.82. The standard InChI is InChI=1S/C13H13N5O2S2/c1-3-8-4-9-11(22-8)14-6-18(12(9)20)5-10(19)15-13-17-16-7(2)21-13/h4,6H,3,5H2,1-2H3,(H,15,17,19). The Hall–Kier alpha value is -2.13. The lowest BCUT2D eigenvalue weighted by molar-refractivity contribution is -0.116. The Bertz CT molecular complexity index is 895. The minimum Gasteiger partial charge on any atom is -0.299 e. The zero-order chi connectivity index (χ0) is 15.7. The first kappa shape index (κ1) is 14.8.